The molecule has 0 saturated heterocycles. The van der Waals surface area contributed by atoms with Crippen LogP contribution in [0.2, 0.25) is 0 Å². The fraction of sp³-hybridized carbons (Fsp3) is 0.400. The van der Waals surface area contributed by atoms with Crippen LogP contribution in [0.25, 0.3) is 0 Å². The normalized spacial score (nSPS) is 21.8. The average molecular weight is 364 g/mol. The quantitative estimate of drug-likeness (QED) is 0.648. The van der Waals surface area contributed by atoms with Crippen molar-refractivity contribution in [3.8, 4) is 0 Å². The first kappa shape index (κ1) is 18.3. The molecule has 100 valence electrons. The van der Waals surface area contributed by atoms with E-state index in [1.165, 1.54) is 17.6 Å². The van der Waals surface area contributed by atoms with Crippen molar-refractivity contribution in [2.24, 2.45) is 5.92 Å². The van der Waals surface area contributed by atoms with Gasteiger partial charge in [0, 0.05) is 0 Å². The van der Waals surface area contributed by atoms with Crippen molar-refractivity contribution in [2.45, 2.75) is 34.1 Å². The molecule has 0 nitrogen and oxygen atoms in total. The van der Waals surface area contributed by atoms with Gasteiger partial charge >= 0.3 is 107 Å². The first-order chi connectivity index (χ1) is 7.50. The van der Waals surface area contributed by atoms with Crippen molar-refractivity contribution in [3.63, 3.8) is 0 Å². The predicted molar refractivity (Wildman–Crippen MR) is 83.7 cm³/mol. The molecule has 2 rings (SSSR count). The molecule has 0 N–H and O–H groups in total. The van der Waals surface area contributed by atoms with E-state index in [1.807, 2.05) is 0 Å². The van der Waals surface area contributed by atoms with Gasteiger partial charge in [0.05, 0.1) is 0 Å². The van der Waals surface area contributed by atoms with Crippen LogP contribution < -0.4 is 0 Å². The third-order valence-electron chi connectivity index (χ3n) is 3.71. The molecule has 0 aliphatic heterocycles. The second-order valence-electron chi connectivity index (χ2n) is 4.98. The molecular formula is C15H22Cl2Zr. The second kappa shape index (κ2) is 7.18. The molecule has 3 heteroatoms. The number of hydrogen-bond acceptors (Lipinski definition) is 0. The molecule has 0 radical (unpaired) electrons. The summed E-state index contributed by atoms with van der Waals surface area (Å²) in [5.41, 5.74) is 4.46. The standard InChI is InChI=1S/C8H11.C6H7.CH2.2ClH.Zr/c1-6-4-7(2)8(3)5-6;1-6-4-2-3-5-6;;;;/h4,6H,1-3H3;4-5H,2H2,1H3;1H2;2*1H;. The zero-order valence-corrected chi connectivity index (χ0v) is 15.6. The van der Waals surface area contributed by atoms with Gasteiger partial charge in [-0.05, 0) is 0 Å². The Morgan fingerprint density at radius 3 is 2.22 bits per heavy atom. The maximum atomic E-state index is 4.58. The fourth-order valence-corrected chi connectivity index (χ4v) is 8.53. The van der Waals surface area contributed by atoms with Crippen molar-refractivity contribution in [1.29, 1.82) is 0 Å². The summed E-state index contributed by atoms with van der Waals surface area (Å²) in [7, 11) is 0. The van der Waals surface area contributed by atoms with Gasteiger partial charge in [0.15, 0.2) is 0 Å². The summed E-state index contributed by atoms with van der Waals surface area (Å²) < 4.78 is 7.96. The van der Waals surface area contributed by atoms with Crippen LogP contribution in [-0.4, -0.2) is 4.21 Å². The Morgan fingerprint density at radius 1 is 1.22 bits per heavy atom. The van der Waals surface area contributed by atoms with E-state index >= 15 is 0 Å². The van der Waals surface area contributed by atoms with Crippen LogP contribution in [0.15, 0.2) is 41.5 Å². The predicted octanol–water partition coefficient (Wildman–Crippen LogP) is 4.98. The topological polar surface area (TPSA) is 0 Å². The number of hydrogen-bond donors (Lipinski definition) is 0. The van der Waals surface area contributed by atoms with Crippen LogP contribution in [0.4, 0.5) is 0 Å². The first-order valence-electron chi connectivity index (χ1n) is 5.97. The Balaban J connectivity index is 0.00000144. The summed E-state index contributed by atoms with van der Waals surface area (Å²) in [6.45, 7) is 9.05. The van der Waals surface area contributed by atoms with Crippen molar-refractivity contribution >= 4 is 29.0 Å². The molecule has 1 unspecified atom stereocenters. The van der Waals surface area contributed by atoms with E-state index in [2.05, 4.69) is 50.1 Å². The van der Waals surface area contributed by atoms with Gasteiger partial charge in [-0.15, -0.1) is 24.8 Å². The zero-order valence-electron chi connectivity index (χ0n) is 11.5. The SMILES string of the molecule is Cl.Cl.[CH2]=[Zr]([C]1=CC(C)=CC1)[C]1=C(C)C(C)=CC1C. The Labute approximate surface area is 131 Å². The van der Waals surface area contributed by atoms with Crippen LogP contribution in [0.5, 0.6) is 0 Å². The second-order valence-corrected chi connectivity index (χ2v) is 10.2. The molecule has 0 heterocycles. The Kier molecular flexibility index (Phi) is 7.29. The summed E-state index contributed by atoms with van der Waals surface area (Å²) >= 11 is -1.73. The average Bonchev–Trinajstić information content (AvgIpc) is 2.73. The molecule has 0 amide bonds. The number of allylic oxidation sites excluding steroid dienone is 8. The molecule has 0 spiro atoms. The molecule has 0 aromatic rings. The molecule has 0 aromatic carbocycles. The minimum atomic E-state index is -1.73. The van der Waals surface area contributed by atoms with Crippen LogP contribution >= 0.6 is 24.8 Å². The number of rotatable bonds is 2. The summed E-state index contributed by atoms with van der Waals surface area (Å²) in [5, 5.41) is 0. The van der Waals surface area contributed by atoms with Crippen molar-refractivity contribution in [2.75, 3.05) is 0 Å². The maximum absolute atomic E-state index is 4.58. The third kappa shape index (κ3) is 3.44. The van der Waals surface area contributed by atoms with E-state index in [9.17, 15) is 0 Å². The summed E-state index contributed by atoms with van der Waals surface area (Å²) in [5.74, 6) is 0.647. The van der Waals surface area contributed by atoms with Crippen LogP contribution in [0, 0.1) is 5.92 Å². The van der Waals surface area contributed by atoms with Gasteiger partial charge in [-0.2, -0.15) is 0 Å². The van der Waals surface area contributed by atoms with Crippen LogP contribution in [0.1, 0.15) is 34.1 Å². The molecule has 0 aromatic heterocycles. The van der Waals surface area contributed by atoms with Crippen molar-refractivity contribution < 1.29 is 21.3 Å². The van der Waals surface area contributed by atoms with E-state index < -0.39 is 21.3 Å². The molecule has 0 saturated carbocycles. The van der Waals surface area contributed by atoms with Crippen molar-refractivity contribution in [3.05, 3.63) is 41.5 Å². The molecule has 2 aliphatic rings. The first-order valence-corrected chi connectivity index (χ1v) is 10.2. The summed E-state index contributed by atoms with van der Waals surface area (Å²) in [6.07, 6.45) is 8.32. The summed E-state index contributed by atoms with van der Waals surface area (Å²) in [6, 6.07) is 0. The molecular weight excluding hydrogens is 342 g/mol. The molecule has 1 atom stereocenters. The van der Waals surface area contributed by atoms with E-state index in [0.717, 1.165) is 0 Å². The Bertz CT molecular complexity index is 479. The third-order valence-corrected chi connectivity index (χ3v) is 10.1. The van der Waals surface area contributed by atoms with Gasteiger partial charge in [-0.3, -0.25) is 0 Å². The van der Waals surface area contributed by atoms with E-state index in [4.69, 9.17) is 0 Å². The molecule has 0 bridgehead atoms. The fourth-order valence-electron chi connectivity index (χ4n) is 2.69. The van der Waals surface area contributed by atoms with Gasteiger partial charge < -0.3 is 0 Å². The van der Waals surface area contributed by atoms with E-state index in [-0.39, 0.29) is 24.8 Å². The molecule has 2 aliphatic carbocycles. The van der Waals surface area contributed by atoms with Crippen LogP contribution in [0.3, 0.4) is 0 Å². The van der Waals surface area contributed by atoms with Gasteiger partial charge in [-0.1, -0.05) is 0 Å². The van der Waals surface area contributed by atoms with E-state index in [1.54, 1.807) is 12.1 Å². The zero-order chi connectivity index (χ0) is 11.9. The minimum absolute atomic E-state index is 0. The van der Waals surface area contributed by atoms with Crippen molar-refractivity contribution in [1.82, 2.24) is 0 Å². The number of halogens is 2. The van der Waals surface area contributed by atoms with Gasteiger partial charge in [-0.25, -0.2) is 0 Å². The molecule has 0 fully saturated rings. The molecule has 18 heavy (non-hydrogen) atoms. The Morgan fingerprint density at radius 2 is 1.83 bits per heavy atom. The monoisotopic (exact) mass is 362 g/mol. The van der Waals surface area contributed by atoms with Gasteiger partial charge in [0.25, 0.3) is 0 Å². The van der Waals surface area contributed by atoms with Crippen LogP contribution in [-0.2, 0) is 21.3 Å². The van der Waals surface area contributed by atoms with Gasteiger partial charge in [0.1, 0.15) is 0 Å². The van der Waals surface area contributed by atoms with E-state index in [0.29, 0.717) is 5.92 Å². The van der Waals surface area contributed by atoms with Gasteiger partial charge in [0.2, 0.25) is 0 Å². The Hall–Kier alpha value is 0.293. The summed E-state index contributed by atoms with van der Waals surface area (Å²) in [4.78, 5) is 0.